The Kier molecular flexibility index (Phi) is 5.11. The van der Waals surface area contributed by atoms with Crippen molar-refractivity contribution < 1.29 is 4.79 Å². The van der Waals surface area contributed by atoms with E-state index in [4.69, 9.17) is 0 Å². The van der Waals surface area contributed by atoms with Gasteiger partial charge in [-0.15, -0.1) is 10.2 Å². The number of benzene rings is 1. The number of amides is 2. The molecule has 144 valence electrons. The zero-order valence-corrected chi connectivity index (χ0v) is 16.2. The number of likely N-dealkylation sites (N-methyl/N-ethyl adjacent to an activating group) is 1. The number of nitrogens with one attached hydrogen (secondary N) is 1. The molecule has 1 unspecified atom stereocenters. The molecule has 2 aromatic rings. The Morgan fingerprint density at radius 1 is 1.26 bits per heavy atom. The fourth-order valence-electron chi connectivity index (χ4n) is 4.27. The average Bonchev–Trinajstić information content (AvgIpc) is 3.40. The third-order valence-corrected chi connectivity index (χ3v) is 5.76. The number of likely N-dealkylation sites (tertiary alicyclic amines) is 1. The predicted molar refractivity (Wildman–Crippen MR) is 106 cm³/mol. The minimum Gasteiger partial charge on any atom is -0.323 e. The van der Waals surface area contributed by atoms with Crippen molar-refractivity contribution in [1.29, 1.82) is 0 Å². The summed E-state index contributed by atoms with van der Waals surface area (Å²) in [5.41, 5.74) is 1.80. The summed E-state index contributed by atoms with van der Waals surface area (Å²) in [5, 5.41) is 11.7. The molecule has 0 saturated carbocycles. The van der Waals surface area contributed by atoms with Gasteiger partial charge in [0.05, 0.1) is 0 Å². The van der Waals surface area contributed by atoms with Crippen LogP contribution in [0.4, 0.5) is 10.5 Å². The quantitative estimate of drug-likeness (QED) is 0.881. The minimum absolute atomic E-state index is 0.0201. The summed E-state index contributed by atoms with van der Waals surface area (Å²) in [6.45, 7) is 8.99. The summed E-state index contributed by atoms with van der Waals surface area (Å²) in [7, 11) is 0. The van der Waals surface area contributed by atoms with Crippen LogP contribution in [0.2, 0.25) is 0 Å². The molecule has 7 heteroatoms. The van der Waals surface area contributed by atoms with Gasteiger partial charge in [0, 0.05) is 43.3 Å². The number of fused-ring (bicyclic) bond motifs is 1. The lowest BCUT2D eigenvalue weighted by molar-refractivity contribution is 0.202. The van der Waals surface area contributed by atoms with E-state index in [1.807, 2.05) is 29.2 Å². The van der Waals surface area contributed by atoms with Crippen molar-refractivity contribution in [3.63, 3.8) is 0 Å². The van der Waals surface area contributed by atoms with E-state index >= 15 is 0 Å². The van der Waals surface area contributed by atoms with Crippen molar-refractivity contribution in [2.45, 2.75) is 45.7 Å². The van der Waals surface area contributed by atoms with Crippen molar-refractivity contribution in [3.05, 3.63) is 30.1 Å². The van der Waals surface area contributed by atoms with Gasteiger partial charge in [-0.1, -0.05) is 26.0 Å². The molecule has 0 spiro atoms. The maximum atomic E-state index is 12.7. The zero-order chi connectivity index (χ0) is 18.8. The van der Waals surface area contributed by atoms with E-state index < -0.39 is 0 Å². The minimum atomic E-state index is -0.0201. The van der Waals surface area contributed by atoms with Gasteiger partial charge in [-0.3, -0.25) is 4.90 Å². The largest absolute Gasteiger partial charge is 0.323 e. The highest BCUT2D eigenvalue weighted by molar-refractivity contribution is 5.90. The molecular formula is C20H28N6O. The molecule has 1 saturated heterocycles. The van der Waals surface area contributed by atoms with E-state index in [1.165, 1.54) is 0 Å². The van der Waals surface area contributed by atoms with Crippen molar-refractivity contribution >= 4 is 11.7 Å². The Balaban J connectivity index is 1.43. The highest BCUT2D eigenvalue weighted by atomic mass is 16.2. The van der Waals surface area contributed by atoms with Crippen LogP contribution in [0.25, 0.3) is 11.4 Å². The van der Waals surface area contributed by atoms with Crippen molar-refractivity contribution in [2.24, 2.45) is 0 Å². The number of aryl methyl sites for hydroxylation is 1. The second-order valence-electron chi connectivity index (χ2n) is 7.32. The maximum absolute atomic E-state index is 12.7. The van der Waals surface area contributed by atoms with Crippen LogP contribution in [-0.4, -0.2) is 62.8 Å². The third kappa shape index (κ3) is 3.56. The Bertz CT molecular complexity index is 813. The molecule has 1 fully saturated rings. The second kappa shape index (κ2) is 7.68. The van der Waals surface area contributed by atoms with E-state index in [0.29, 0.717) is 6.04 Å². The van der Waals surface area contributed by atoms with Crippen LogP contribution in [0.5, 0.6) is 0 Å². The summed E-state index contributed by atoms with van der Waals surface area (Å²) >= 11 is 0. The fourth-order valence-corrected chi connectivity index (χ4v) is 4.27. The van der Waals surface area contributed by atoms with Gasteiger partial charge >= 0.3 is 6.03 Å². The standard InChI is InChI=1S/C20H28N6O/c1-3-24(4-2)17-10-12-25(14-17)20(27)21-16-8-5-7-15(13-16)19-23-22-18-9-6-11-26(18)19/h5,7-8,13,17H,3-4,6,9-12,14H2,1-2H3,(H,21,27). The van der Waals surface area contributed by atoms with E-state index in [-0.39, 0.29) is 6.03 Å². The van der Waals surface area contributed by atoms with E-state index in [1.54, 1.807) is 0 Å². The molecule has 1 N–H and O–H groups in total. The first kappa shape index (κ1) is 18.0. The summed E-state index contributed by atoms with van der Waals surface area (Å²) in [4.78, 5) is 17.1. The zero-order valence-electron chi connectivity index (χ0n) is 16.2. The summed E-state index contributed by atoms with van der Waals surface area (Å²) in [6.07, 6.45) is 3.16. The number of carbonyl (C=O) groups is 1. The van der Waals surface area contributed by atoms with Crippen LogP contribution < -0.4 is 5.32 Å². The molecule has 1 aromatic heterocycles. The molecule has 2 aliphatic rings. The average molecular weight is 368 g/mol. The van der Waals surface area contributed by atoms with Crippen molar-refractivity contribution in [2.75, 3.05) is 31.5 Å². The van der Waals surface area contributed by atoms with Gasteiger partial charge in [-0.05, 0) is 38.1 Å². The highest BCUT2D eigenvalue weighted by Crippen LogP contribution is 2.26. The molecule has 0 radical (unpaired) electrons. The molecular weight excluding hydrogens is 340 g/mol. The second-order valence-corrected chi connectivity index (χ2v) is 7.32. The van der Waals surface area contributed by atoms with Crippen LogP contribution in [0.3, 0.4) is 0 Å². The van der Waals surface area contributed by atoms with Gasteiger partial charge in [0.1, 0.15) is 5.82 Å². The third-order valence-electron chi connectivity index (χ3n) is 5.76. The van der Waals surface area contributed by atoms with Gasteiger partial charge in [0.15, 0.2) is 5.82 Å². The number of rotatable bonds is 5. The van der Waals surface area contributed by atoms with E-state index in [0.717, 1.165) is 74.9 Å². The Labute approximate surface area is 160 Å². The topological polar surface area (TPSA) is 66.3 Å². The number of carbonyl (C=O) groups excluding carboxylic acids is 1. The SMILES string of the molecule is CCN(CC)C1CCN(C(=O)Nc2cccc(-c3nnc4n3CCC4)c2)C1. The summed E-state index contributed by atoms with van der Waals surface area (Å²) in [5.74, 6) is 1.94. The lowest BCUT2D eigenvalue weighted by Crippen LogP contribution is -2.39. The smallest absolute Gasteiger partial charge is 0.321 e. The number of nitrogens with zero attached hydrogens (tertiary/aromatic N) is 5. The molecule has 0 bridgehead atoms. The van der Waals surface area contributed by atoms with Gasteiger partial charge in [0.25, 0.3) is 0 Å². The van der Waals surface area contributed by atoms with Gasteiger partial charge in [-0.2, -0.15) is 0 Å². The first-order valence-electron chi connectivity index (χ1n) is 10.0. The van der Waals surface area contributed by atoms with Crippen LogP contribution in [0.1, 0.15) is 32.5 Å². The predicted octanol–water partition coefficient (Wildman–Crippen LogP) is 2.84. The number of hydrogen-bond donors (Lipinski definition) is 1. The Hall–Kier alpha value is -2.41. The number of aromatic nitrogens is 3. The van der Waals surface area contributed by atoms with Crippen molar-refractivity contribution in [3.8, 4) is 11.4 Å². The maximum Gasteiger partial charge on any atom is 0.321 e. The first-order chi connectivity index (χ1) is 13.2. The molecule has 0 aliphatic carbocycles. The monoisotopic (exact) mass is 368 g/mol. The van der Waals surface area contributed by atoms with Gasteiger partial charge in [-0.25, -0.2) is 4.79 Å². The van der Waals surface area contributed by atoms with Crippen LogP contribution in [0, 0.1) is 0 Å². The fraction of sp³-hybridized carbons (Fsp3) is 0.550. The highest BCUT2D eigenvalue weighted by Gasteiger charge is 2.29. The number of anilines is 1. The number of urea groups is 1. The van der Waals surface area contributed by atoms with Crippen LogP contribution in [0.15, 0.2) is 24.3 Å². The molecule has 27 heavy (non-hydrogen) atoms. The Morgan fingerprint density at radius 2 is 2.11 bits per heavy atom. The van der Waals surface area contributed by atoms with Gasteiger partial charge in [0.2, 0.25) is 0 Å². The molecule has 2 amide bonds. The molecule has 7 nitrogen and oxygen atoms in total. The lowest BCUT2D eigenvalue weighted by Gasteiger charge is -2.26. The molecule has 2 aliphatic heterocycles. The van der Waals surface area contributed by atoms with Crippen LogP contribution >= 0.6 is 0 Å². The number of hydrogen-bond acceptors (Lipinski definition) is 4. The molecule has 4 rings (SSSR count). The van der Waals surface area contributed by atoms with E-state index in [2.05, 4.69) is 38.8 Å². The summed E-state index contributed by atoms with van der Waals surface area (Å²) < 4.78 is 2.18. The lowest BCUT2D eigenvalue weighted by atomic mass is 10.2. The van der Waals surface area contributed by atoms with Crippen molar-refractivity contribution in [1.82, 2.24) is 24.6 Å². The molecule has 3 heterocycles. The molecule has 1 aromatic carbocycles. The summed E-state index contributed by atoms with van der Waals surface area (Å²) in [6, 6.07) is 8.36. The van der Waals surface area contributed by atoms with Crippen LogP contribution in [-0.2, 0) is 13.0 Å². The van der Waals surface area contributed by atoms with Gasteiger partial charge < -0.3 is 14.8 Å². The van der Waals surface area contributed by atoms with E-state index in [9.17, 15) is 4.79 Å². The normalized spacial score (nSPS) is 18.9. The molecule has 1 atom stereocenters. The Morgan fingerprint density at radius 3 is 2.93 bits per heavy atom. The first-order valence-corrected chi connectivity index (χ1v) is 10.0.